The van der Waals surface area contributed by atoms with Gasteiger partial charge in [-0.05, 0) is 66.3 Å². The molecular weight excluding hydrogens is 607 g/mol. The van der Waals surface area contributed by atoms with Gasteiger partial charge < -0.3 is 19.4 Å². The Balaban J connectivity index is 1.03. The van der Waals surface area contributed by atoms with Crippen LogP contribution in [0.1, 0.15) is 54.1 Å². The van der Waals surface area contributed by atoms with Crippen molar-refractivity contribution >= 4 is 34.6 Å². The maximum Gasteiger partial charge on any atom is 0.303 e. The molecule has 3 aromatic heterocycles. The summed E-state index contributed by atoms with van der Waals surface area (Å²) in [6, 6.07) is 18.1. The molecule has 0 unspecified atom stereocenters. The topological polar surface area (TPSA) is 158 Å². The van der Waals surface area contributed by atoms with Gasteiger partial charge in [0.05, 0.1) is 5.92 Å². The quantitative estimate of drug-likeness (QED) is 0.230. The highest BCUT2D eigenvalue weighted by molar-refractivity contribution is 5.96. The number of likely N-dealkylation sites (tertiary alicyclic amines) is 1. The van der Waals surface area contributed by atoms with E-state index in [2.05, 4.69) is 30.7 Å². The molecule has 13 nitrogen and oxygen atoms in total. The minimum atomic E-state index is -1.08. The summed E-state index contributed by atoms with van der Waals surface area (Å²) in [5, 5.41) is 15.6. The molecule has 3 atom stereocenters. The number of anilines is 1. The number of hydrogen-bond acceptors (Lipinski definition) is 10. The summed E-state index contributed by atoms with van der Waals surface area (Å²) in [5.74, 6) is -0.820. The lowest BCUT2D eigenvalue weighted by Gasteiger charge is -2.35. The van der Waals surface area contributed by atoms with Gasteiger partial charge in [-0.25, -0.2) is 9.37 Å². The average Bonchev–Trinajstić information content (AvgIpc) is 3.43. The number of oxazole rings is 1. The number of amides is 2. The van der Waals surface area contributed by atoms with Crippen molar-refractivity contribution < 1.29 is 27.9 Å². The highest BCUT2D eigenvalue weighted by atomic mass is 19.1. The summed E-state index contributed by atoms with van der Waals surface area (Å²) in [6.07, 6.45) is 2.11. The van der Waals surface area contributed by atoms with E-state index in [0.717, 1.165) is 5.56 Å². The number of fused-ring (bicyclic) bond motifs is 1. The average molecular weight is 639 g/mol. The van der Waals surface area contributed by atoms with E-state index in [1.807, 2.05) is 30.3 Å². The third-order valence-corrected chi connectivity index (χ3v) is 8.47. The number of piperidine rings is 1. The van der Waals surface area contributed by atoms with Gasteiger partial charge in [0.25, 0.3) is 5.91 Å². The first kappa shape index (κ1) is 30.1. The maximum absolute atomic E-state index is 13.6. The van der Waals surface area contributed by atoms with Crippen molar-refractivity contribution in [3.05, 3.63) is 83.9 Å². The van der Waals surface area contributed by atoms with Gasteiger partial charge in [0.15, 0.2) is 12.2 Å². The molecule has 4 heterocycles. The van der Waals surface area contributed by atoms with E-state index in [4.69, 9.17) is 9.15 Å². The highest BCUT2D eigenvalue weighted by Gasteiger charge is 2.43. The second kappa shape index (κ2) is 12.7. The van der Waals surface area contributed by atoms with Crippen LogP contribution in [0.5, 0.6) is 0 Å². The van der Waals surface area contributed by atoms with Crippen molar-refractivity contribution in [1.29, 1.82) is 0 Å². The monoisotopic (exact) mass is 638 g/mol. The molecule has 0 radical (unpaired) electrons. The number of esters is 1. The van der Waals surface area contributed by atoms with E-state index >= 15 is 0 Å². The predicted octanol–water partition coefficient (Wildman–Crippen LogP) is 4.38. The van der Waals surface area contributed by atoms with Crippen molar-refractivity contribution in [2.75, 3.05) is 18.4 Å². The molecule has 240 valence electrons. The van der Waals surface area contributed by atoms with E-state index < -0.39 is 18.1 Å². The number of aromatic nitrogens is 6. The second-order valence-corrected chi connectivity index (χ2v) is 11.8. The molecule has 0 bridgehead atoms. The third-order valence-electron chi connectivity index (χ3n) is 8.47. The van der Waals surface area contributed by atoms with Crippen molar-refractivity contribution in [2.24, 2.45) is 11.8 Å². The van der Waals surface area contributed by atoms with Crippen LogP contribution in [0.25, 0.3) is 22.6 Å². The standard InChI is InChI=1S/C33H31FN8O5/c1-19(43)46-18-29-38-40-42(39-29)30(20-5-3-2-4-6-20)21-10-13-41(14-11-21)33(45)27-15-22(9-12-35-27)32-37-26-16-23(7-8-28(26)47-32)36-31(44)24-17-25(24)34/h2-9,12,15-16,21,24-25,30H,10-11,13-14,17-18H2,1H3,(H,36,44)/t24-,25+,30-/m1/s1. The minimum absolute atomic E-state index is 0.0546. The summed E-state index contributed by atoms with van der Waals surface area (Å²) < 4.78 is 24.2. The summed E-state index contributed by atoms with van der Waals surface area (Å²) >= 11 is 0. The molecule has 1 aliphatic carbocycles. The van der Waals surface area contributed by atoms with Crippen molar-refractivity contribution in [2.45, 2.75) is 45.0 Å². The van der Waals surface area contributed by atoms with Crippen LogP contribution >= 0.6 is 0 Å². The molecule has 1 aliphatic heterocycles. The molecule has 1 saturated carbocycles. The van der Waals surface area contributed by atoms with Crippen molar-refractivity contribution in [1.82, 2.24) is 35.1 Å². The molecule has 5 aromatic rings. The Bertz CT molecular complexity index is 1940. The smallest absolute Gasteiger partial charge is 0.303 e. The molecule has 14 heteroatoms. The second-order valence-electron chi connectivity index (χ2n) is 11.8. The Morgan fingerprint density at radius 3 is 2.62 bits per heavy atom. The SMILES string of the molecule is CC(=O)OCc1nnn([C@H](c2ccccc2)C2CCN(C(=O)c3cc(-c4nc5cc(NC(=O)[C@@H]6C[C@@H]6F)ccc5o4)ccn3)CC2)n1. The lowest BCUT2D eigenvalue weighted by Crippen LogP contribution is -2.41. The molecule has 7 rings (SSSR count). The number of tetrazole rings is 1. The minimum Gasteiger partial charge on any atom is -0.457 e. The summed E-state index contributed by atoms with van der Waals surface area (Å²) in [4.78, 5) is 49.2. The van der Waals surface area contributed by atoms with Crippen molar-refractivity contribution in [3.8, 4) is 11.5 Å². The van der Waals surface area contributed by atoms with Gasteiger partial charge in [-0.1, -0.05) is 30.3 Å². The van der Waals surface area contributed by atoms with Crippen LogP contribution < -0.4 is 5.32 Å². The normalized spacial score (nSPS) is 18.6. The fourth-order valence-electron chi connectivity index (χ4n) is 5.90. The van der Waals surface area contributed by atoms with Gasteiger partial charge in [-0.15, -0.1) is 10.2 Å². The zero-order valence-electron chi connectivity index (χ0n) is 25.5. The molecule has 2 amide bonds. The Kier molecular flexibility index (Phi) is 8.14. The molecule has 1 saturated heterocycles. The maximum atomic E-state index is 13.6. The van der Waals surface area contributed by atoms with E-state index in [9.17, 15) is 18.8 Å². The van der Waals surface area contributed by atoms with Gasteiger partial charge in [0.1, 0.15) is 23.4 Å². The van der Waals surface area contributed by atoms with Gasteiger partial charge in [-0.3, -0.25) is 19.4 Å². The van der Waals surface area contributed by atoms with E-state index in [1.165, 1.54) is 6.92 Å². The van der Waals surface area contributed by atoms with Crippen LogP contribution in [-0.2, 0) is 20.9 Å². The predicted molar refractivity (Wildman–Crippen MR) is 165 cm³/mol. The Labute approximate surface area is 268 Å². The Hall–Kier alpha value is -5.53. The van der Waals surface area contributed by atoms with Gasteiger partial charge >= 0.3 is 5.97 Å². The van der Waals surface area contributed by atoms with Crippen LogP contribution in [0.15, 0.2) is 71.3 Å². The highest BCUT2D eigenvalue weighted by Crippen LogP contribution is 2.36. The number of halogens is 1. The number of benzene rings is 2. The van der Waals surface area contributed by atoms with Gasteiger partial charge in [0.2, 0.25) is 17.6 Å². The first-order valence-corrected chi connectivity index (χ1v) is 15.4. The number of carbonyl (C=O) groups is 3. The molecule has 2 fully saturated rings. The van der Waals surface area contributed by atoms with E-state index in [0.29, 0.717) is 60.0 Å². The number of rotatable bonds is 9. The first-order chi connectivity index (χ1) is 22.8. The molecule has 0 spiro atoms. The van der Waals surface area contributed by atoms with E-state index in [1.54, 1.807) is 46.2 Å². The number of carbonyl (C=O) groups excluding carboxylic acids is 3. The number of nitrogens with one attached hydrogen (secondary N) is 1. The van der Waals surface area contributed by atoms with Crippen LogP contribution in [0.2, 0.25) is 0 Å². The number of ether oxygens (including phenoxy) is 1. The molecule has 47 heavy (non-hydrogen) atoms. The Morgan fingerprint density at radius 2 is 1.87 bits per heavy atom. The third kappa shape index (κ3) is 6.57. The van der Waals surface area contributed by atoms with Crippen molar-refractivity contribution in [3.63, 3.8) is 0 Å². The fourth-order valence-corrected chi connectivity index (χ4v) is 5.90. The van der Waals surface area contributed by atoms with Gasteiger partial charge in [-0.2, -0.15) is 4.80 Å². The molecule has 2 aliphatic rings. The van der Waals surface area contributed by atoms with Gasteiger partial charge in [0, 0.05) is 37.5 Å². The number of hydrogen-bond donors (Lipinski definition) is 1. The molecular formula is C33H31FN8O5. The lowest BCUT2D eigenvalue weighted by atomic mass is 9.85. The number of pyridine rings is 1. The zero-order valence-corrected chi connectivity index (χ0v) is 25.5. The molecule has 1 N–H and O–H groups in total. The molecule has 2 aromatic carbocycles. The summed E-state index contributed by atoms with van der Waals surface area (Å²) in [6.45, 7) is 2.29. The summed E-state index contributed by atoms with van der Waals surface area (Å²) in [5.41, 5.74) is 3.41. The van der Waals surface area contributed by atoms with E-state index in [-0.39, 0.29) is 42.5 Å². The Morgan fingerprint density at radius 1 is 1.09 bits per heavy atom. The van der Waals surface area contributed by atoms with Crippen LogP contribution in [-0.4, -0.2) is 72.1 Å². The largest absolute Gasteiger partial charge is 0.457 e. The zero-order chi connectivity index (χ0) is 32.5. The van der Waals surface area contributed by atoms with Crippen LogP contribution in [0, 0.1) is 11.8 Å². The number of alkyl halides is 1. The number of nitrogens with zero attached hydrogens (tertiary/aromatic N) is 7. The lowest BCUT2D eigenvalue weighted by molar-refractivity contribution is -0.142. The summed E-state index contributed by atoms with van der Waals surface area (Å²) in [7, 11) is 0. The fraction of sp³-hybridized carbons (Fsp3) is 0.333. The van der Waals surface area contributed by atoms with Crippen LogP contribution in [0.4, 0.5) is 10.1 Å². The first-order valence-electron chi connectivity index (χ1n) is 15.4. The van der Waals surface area contributed by atoms with Crippen LogP contribution in [0.3, 0.4) is 0 Å².